The van der Waals surface area contributed by atoms with Gasteiger partial charge in [0.1, 0.15) is 0 Å². The fraction of sp³-hybridized carbons (Fsp3) is 0.400. The first-order valence-corrected chi connectivity index (χ1v) is 4.28. The fourth-order valence-electron chi connectivity index (χ4n) is 0.623. The van der Waals surface area contributed by atoms with E-state index in [1.54, 1.807) is 13.8 Å². The van der Waals surface area contributed by atoms with Crippen LogP contribution in [-0.2, 0) is 9.59 Å². The average molecular weight is 196 g/mol. The summed E-state index contributed by atoms with van der Waals surface area (Å²) in [5, 5.41) is 4.85. The molecule has 0 bridgehead atoms. The second-order valence-corrected chi connectivity index (χ2v) is 3.28. The van der Waals surface area contributed by atoms with Gasteiger partial charge in [0.25, 0.3) is 0 Å². The van der Waals surface area contributed by atoms with Crippen molar-refractivity contribution in [2.24, 2.45) is 0 Å². The summed E-state index contributed by atoms with van der Waals surface area (Å²) >= 11 is 0. The first-order valence-electron chi connectivity index (χ1n) is 4.28. The van der Waals surface area contributed by atoms with E-state index in [9.17, 15) is 9.59 Å². The molecule has 0 heterocycles. The van der Waals surface area contributed by atoms with E-state index >= 15 is 0 Å². The summed E-state index contributed by atoms with van der Waals surface area (Å²) in [5.74, 6) is -1.29. The molecule has 4 heteroatoms. The second-order valence-electron chi connectivity index (χ2n) is 3.28. The van der Waals surface area contributed by atoms with Crippen molar-refractivity contribution in [2.45, 2.75) is 13.8 Å². The molecule has 0 radical (unpaired) electrons. The predicted molar refractivity (Wildman–Crippen MR) is 55.6 cm³/mol. The van der Waals surface area contributed by atoms with Crippen LogP contribution in [0.1, 0.15) is 13.8 Å². The first kappa shape index (κ1) is 12.4. The van der Waals surface area contributed by atoms with Gasteiger partial charge in [-0.15, -0.1) is 0 Å². The van der Waals surface area contributed by atoms with E-state index in [4.69, 9.17) is 0 Å². The zero-order chi connectivity index (χ0) is 11.1. The average Bonchev–Trinajstić information content (AvgIpc) is 2.09. The highest BCUT2D eigenvalue weighted by Gasteiger charge is 2.11. The van der Waals surface area contributed by atoms with E-state index < -0.39 is 11.8 Å². The molecule has 0 spiro atoms. The third-order valence-corrected chi connectivity index (χ3v) is 1.31. The van der Waals surface area contributed by atoms with E-state index in [0.29, 0.717) is 13.1 Å². The molecular weight excluding hydrogens is 180 g/mol. The lowest BCUT2D eigenvalue weighted by Gasteiger charge is -2.05. The van der Waals surface area contributed by atoms with Crippen LogP contribution in [0.3, 0.4) is 0 Å². The SMILES string of the molecule is C=C(C)CNC(=O)C(=O)NCC(=C)C. The van der Waals surface area contributed by atoms with E-state index in [2.05, 4.69) is 23.8 Å². The Bertz CT molecular complexity index is 241. The number of rotatable bonds is 4. The summed E-state index contributed by atoms with van der Waals surface area (Å²) in [7, 11) is 0. The third-order valence-electron chi connectivity index (χ3n) is 1.31. The highest BCUT2D eigenvalue weighted by Crippen LogP contribution is 1.83. The van der Waals surface area contributed by atoms with Crippen LogP contribution >= 0.6 is 0 Å². The van der Waals surface area contributed by atoms with E-state index in [1.807, 2.05) is 0 Å². The quantitative estimate of drug-likeness (QED) is 0.504. The van der Waals surface area contributed by atoms with Crippen molar-refractivity contribution in [2.75, 3.05) is 13.1 Å². The zero-order valence-electron chi connectivity index (χ0n) is 8.64. The van der Waals surface area contributed by atoms with Gasteiger partial charge in [-0.2, -0.15) is 0 Å². The van der Waals surface area contributed by atoms with Crippen LogP contribution in [0.25, 0.3) is 0 Å². The molecule has 0 fully saturated rings. The van der Waals surface area contributed by atoms with Crippen molar-refractivity contribution in [1.82, 2.24) is 10.6 Å². The van der Waals surface area contributed by atoms with Crippen LogP contribution in [-0.4, -0.2) is 24.9 Å². The maximum Gasteiger partial charge on any atom is 0.309 e. The van der Waals surface area contributed by atoms with Crippen molar-refractivity contribution in [3.8, 4) is 0 Å². The van der Waals surface area contributed by atoms with E-state index in [-0.39, 0.29) is 0 Å². The molecule has 4 nitrogen and oxygen atoms in total. The fourth-order valence-corrected chi connectivity index (χ4v) is 0.623. The number of carbonyl (C=O) groups is 2. The van der Waals surface area contributed by atoms with Crippen LogP contribution in [0.15, 0.2) is 24.3 Å². The Morgan fingerprint density at radius 1 is 0.929 bits per heavy atom. The standard InChI is InChI=1S/C10H16N2O2/c1-7(2)5-11-9(13)10(14)12-6-8(3)4/h1,3,5-6H2,2,4H3,(H,11,13)(H,12,14). The Morgan fingerprint density at radius 3 is 1.43 bits per heavy atom. The van der Waals surface area contributed by atoms with E-state index in [1.165, 1.54) is 0 Å². The lowest BCUT2D eigenvalue weighted by Crippen LogP contribution is -2.40. The third kappa shape index (κ3) is 5.99. The van der Waals surface area contributed by atoms with Gasteiger partial charge in [0.05, 0.1) is 0 Å². The number of nitrogens with one attached hydrogen (secondary N) is 2. The van der Waals surface area contributed by atoms with Crippen molar-refractivity contribution >= 4 is 11.8 Å². The van der Waals surface area contributed by atoms with E-state index in [0.717, 1.165) is 11.1 Å². The zero-order valence-corrected chi connectivity index (χ0v) is 8.64. The van der Waals surface area contributed by atoms with Crippen LogP contribution in [0.5, 0.6) is 0 Å². The smallest absolute Gasteiger partial charge is 0.309 e. The molecule has 14 heavy (non-hydrogen) atoms. The Morgan fingerprint density at radius 2 is 1.21 bits per heavy atom. The monoisotopic (exact) mass is 196 g/mol. The maximum absolute atomic E-state index is 11.1. The van der Waals surface area contributed by atoms with Gasteiger partial charge < -0.3 is 10.6 Å². The molecular formula is C10H16N2O2. The minimum atomic E-state index is -0.644. The lowest BCUT2D eigenvalue weighted by molar-refractivity contribution is -0.138. The molecule has 0 aromatic rings. The molecule has 0 aliphatic rings. The number of hydrogen-bond acceptors (Lipinski definition) is 2. The molecule has 0 aliphatic heterocycles. The topological polar surface area (TPSA) is 58.2 Å². The molecule has 2 N–H and O–H groups in total. The summed E-state index contributed by atoms with van der Waals surface area (Å²) in [5.41, 5.74) is 1.59. The van der Waals surface area contributed by atoms with Crippen LogP contribution in [0.4, 0.5) is 0 Å². The van der Waals surface area contributed by atoms with Gasteiger partial charge in [-0.3, -0.25) is 9.59 Å². The first-order chi connectivity index (χ1) is 6.43. The summed E-state index contributed by atoms with van der Waals surface area (Å²) < 4.78 is 0. The number of carbonyl (C=O) groups excluding carboxylic acids is 2. The summed E-state index contributed by atoms with van der Waals surface area (Å²) in [6.45, 7) is 11.4. The Balaban J connectivity index is 3.82. The molecule has 0 aromatic carbocycles. The van der Waals surface area contributed by atoms with Crippen molar-refractivity contribution in [1.29, 1.82) is 0 Å². The summed E-state index contributed by atoms with van der Waals surface area (Å²) in [6.07, 6.45) is 0. The minimum absolute atomic E-state index is 0.319. The highest BCUT2D eigenvalue weighted by atomic mass is 16.2. The largest absolute Gasteiger partial charge is 0.344 e. The van der Waals surface area contributed by atoms with Gasteiger partial charge in [-0.1, -0.05) is 24.3 Å². The van der Waals surface area contributed by atoms with Gasteiger partial charge >= 0.3 is 11.8 Å². The summed E-state index contributed by atoms with van der Waals surface area (Å²) in [6, 6.07) is 0. The normalized spacial score (nSPS) is 9.00. The Labute approximate surface area is 84.1 Å². The molecule has 0 atom stereocenters. The molecule has 0 saturated heterocycles. The molecule has 78 valence electrons. The molecule has 0 unspecified atom stereocenters. The molecule has 0 rings (SSSR count). The van der Waals surface area contributed by atoms with Crippen molar-refractivity contribution < 1.29 is 9.59 Å². The number of hydrogen-bond donors (Lipinski definition) is 2. The highest BCUT2D eigenvalue weighted by molar-refractivity contribution is 6.35. The molecule has 2 amide bonds. The van der Waals surface area contributed by atoms with Crippen molar-refractivity contribution in [3.05, 3.63) is 24.3 Å². The molecule has 0 saturated carbocycles. The van der Waals surface area contributed by atoms with Gasteiger partial charge in [-0.05, 0) is 13.8 Å². The van der Waals surface area contributed by atoms with Gasteiger partial charge in [-0.25, -0.2) is 0 Å². The van der Waals surface area contributed by atoms with Crippen LogP contribution < -0.4 is 10.6 Å². The van der Waals surface area contributed by atoms with Gasteiger partial charge in [0, 0.05) is 13.1 Å². The predicted octanol–water partition coefficient (Wildman–Crippen LogP) is 0.371. The molecule has 0 aliphatic carbocycles. The Kier molecular flexibility index (Phi) is 5.29. The second kappa shape index (κ2) is 5.96. The Hall–Kier alpha value is -1.58. The van der Waals surface area contributed by atoms with Gasteiger partial charge in [0.2, 0.25) is 0 Å². The van der Waals surface area contributed by atoms with Crippen LogP contribution in [0.2, 0.25) is 0 Å². The molecule has 0 aromatic heterocycles. The van der Waals surface area contributed by atoms with Crippen molar-refractivity contribution in [3.63, 3.8) is 0 Å². The summed E-state index contributed by atoms with van der Waals surface area (Å²) in [4.78, 5) is 22.1. The lowest BCUT2D eigenvalue weighted by atomic mass is 10.3. The number of amides is 2. The maximum atomic E-state index is 11.1. The minimum Gasteiger partial charge on any atom is -0.344 e. The van der Waals surface area contributed by atoms with Gasteiger partial charge in [0.15, 0.2) is 0 Å². The van der Waals surface area contributed by atoms with Crippen LogP contribution in [0, 0.1) is 0 Å².